The zero-order chi connectivity index (χ0) is 23.0. The van der Waals surface area contributed by atoms with Gasteiger partial charge < -0.3 is 9.76 Å². The maximum Gasteiger partial charge on any atom is 0.418 e. The molecule has 8 nitrogen and oxygen atoms in total. The molecule has 164 valence electrons. The number of rotatable bonds is 5. The van der Waals surface area contributed by atoms with Crippen molar-refractivity contribution in [2.75, 3.05) is 6.26 Å². The number of pyridine rings is 1. The first-order chi connectivity index (χ1) is 14.4. The topological polar surface area (TPSA) is 111 Å². The van der Waals surface area contributed by atoms with Gasteiger partial charge in [0.05, 0.1) is 18.0 Å². The number of hydrogen-bond donors (Lipinski definition) is 2. The Hall–Kier alpha value is -2.76. The molecule has 0 aliphatic rings. The first kappa shape index (κ1) is 22.9. The fraction of sp³-hybridized carbons (Fsp3) is 0.300. The van der Waals surface area contributed by atoms with Crippen molar-refractivity contribution in [3.8, 4) is 11.1 Å². The highest BCUT2D eigenvalue weighted by Gasteiger charge is 2.23. The van der Waals surface area contributed by atoms with Crippen LogP contribution in [-0.2, 0) is 21.3 Å². The molecule has 0 saturated heterocycles. The van der Waals surface area contributed by atoms with Gasteiger partial charge in [0, 0.05) is 29.3 Å². The quantitative estimate of drug-likeness (QED) is 0.576. The maximum absolute atomic E-state index is 14.3. The van der Waals surface area contributed by atoms with Gasteiger partial charge in [-0.25, -0.2) is 22.3 Å². The van der Waals surface area contributed by atoms with E-state index in [1.54, 1.807) is 32.9 Å². The zero-order valence-corrected chi connectivity index (χ0v) is 18.5. The van der Waals surface area contributed by atoms with Gasteiger partial charge in [-0.1, -0.05) is 0 Å². The highest BCUT2D eigenvalue weighted by atomic mass is 32.2. The molecule has 0 fully saturated rings. The number of hydrogen-bond acceptors (Lipinski definition) is 6. The summed E-state index contributed by atoms with van der Waals surface area (Å²) >= 11 is 0. The molecule has 3 rings (SSSR count). The van der Waals surface area contributed by atoms with E-state index in [0.717, 1.165) is 6.26 Å². The van der Waals surface area contributed by atoms with Crippen molar-refractivity contribution < 1.29 is 27.4 Å². The predicted octanol–water partition coefficient (Wildman–Crippen LogP) is 1.64. The van der Waals surface area contributed by atoms with E-state index in [2.05, 4.69) is 9.71 Å². The maximum atomic E-state index is 14.3. The molecule has 1 aromatic carbocycles. The van der Waals surface area contributed by atoms with Crippen LogP contribution in [-0.4, -0.2) is 48.4 Å². The van der Waals surface area contributed by atoms with E-state index in [1.807, 2.05) is 0 Å². The average Bonchev–Trinajstić information content (AvgIpc) is 3.03. The third kappa shape index (κ3) is 5.49. The summed E-state index contributed by atoms with van der Waals surface area (Å²) in [6, 6.07) is 5.79. The summed E-state index contributed by atoms with van der Waals surface area (Å²) in [6.07, 6.45) is 3.34. The molecule has 0 saturated carbocycles. The lowest BCUT2D eigenvalue weighted by Crippen LogP contribution is -2.34. The number of ether oxygens (including phenoxy) is 1. The summed E-state index contributed by atoms with van der Waals surface area (Å²) in [7, 11) is -3.86. The fourth-order valence-electron chi connectivity index (χ4n) is 3.17. The van der Waals surface area contributed by atoms with Gasteiger partial charge in [0.1, 0.15) is 11.4 Å². The summed E-state index contributed by atoms with van der Waals surface area (Å²) in [5.74, 6) is -0.547. The molecule has 0 amide bonds. The summed E-state index contributed by atoms with van der Waals surface area (Å²) in [5, 5.41) is 10.4. The molecule has 2 N–H and O–H groups in total. The third-order valence-corrected chi connectivity index (χ3v) is 5.02. The van der Waals surface area contributed by atoms with E-state index in [4.69, 9.17) is 4.74 Å². The van der Waals surface area contributed by atoms with Crippen molar-refractivity contribution in [2.45, 2.75) is 32.9 Å². The highest BCUT2D eigenvalue weighted by molar-refractivity contribution is 7.88. The SMILES string of the molecule is CC(C)(C)OC(=O)n1c(BO)cc2c(-c3cc(F)cc(CNS(C)(=O)=O)c3)cncc21. The number of halogens is 1. The minimum Gasteiger partial charge on any atom is -0.448 e. The number of fused-ring (bicyclic) bond motifs is 1. The lowest BCUT2D eigenvalue weighted by atomic mass is 9.95. The van der Waals surface area contributed by atoms with E-state index in [-0.39, 0.29) is 6.54 Å². The number of aromatic nitrogens is 2. The molecule has 0 radical (unpaired) electrons. The van der Waals surface area contributed by atoms with Gasteiger partial charge in [-0.15, -0.1) is 0 Å². The van der Waals surface area contributed by atoms with Crippen molar-refractivity contribution in [3.05, 3.63) is 48.0 Å². The van der Waals surface area contributed by atoms with Crippen LogP contribution in [0.3, 0.4) is 0 Å². The molecule has 2 aromatic heterocycles. The minimum absolute atomic E-state index is 0.0756. The molecule has 0 atom stereocenters. The lowest BCUT2D eigenvalue weighted by molar-refractivity contribution is 0.0548. The fourth-order valence-corrected chi connectivity index (χ4v) is 3.60. The van der Waals surface area contributed by atoms with Crippen LogP contribution in [0.15, 0.2) is 36.7 Å². The summed E-state index contributed by atoms with van der Waals surface area (Å²) in [6.45, 7) is 5.13. The molecule has 2 heterocycles. The monoisotopic (exact) mass is 447 g/mol. The van der Waals surface area contributed by atoms with E-state index in [0.29, 0.717) is 33.2 Å². The van der Waals surface area contributed by atoms with Gasteiger partial charge in [0.2, 0.25) is 10.0 Å². The molecule has 0 aliphatic carbocycles. The van der Waals surface area contributed by atoms with Crippen LogP contribution in [0, 0.1) is 5.82 Å². The van der Waals surface area contributed by atoms with Gasteiger partial charge in [0.15, 0.2) is 0 Å². The number of carbonyl (C=O) groups excluding carboxylic acids is 1. The van der Waals surface area contributed by atoms with Crippen LogP contribution in [0.25, 0.3) is 22.0 Å². The van der Waals surface area contributed by atoms with E-state index in [9.17, 15) is 22.6 Å². The predicted molar refractivity (Wildman–Crippen MR) is 117 cm³/mol. The number of sulfonamides is 1. The van der Waals surface area contributed by atoms with E-state index in [1.165, 1.54) is 29.1 Å². The average molecular weight is 447 g/mol. The van der Waals surface area contributed by atoms with Crippen LogP contribution in [0.1, 0.15) is 26.3 Å². The molecule has 0 unspecified atom stereocenters. The Balaban J connectivity index is 2.12. The third-order valence-electron chi connectivity index (χ3n) is 4.35. The summed E-state index contributed by atoms with van der Waals surface area (Å²) in [4.78, 5) is 16.9. The second-order valence-corrected chi connectivity index (χ2v) is 10.0. The Morgan fingerprint density at radius 2 is 1.97 bits per heavy atom. The largest absolute Gasteiger partial charge is 0.448 e. The second kappa shape index (κ2) is 8.41. The van der Waals surface area contributed by atoms with Crippen LogP contribution >= 0.6 is 0 Å². The Labute approximate surface area is 180 Å². The van der Waals surface area contributed by atoms with Crippen molar-refractivity contribution in [1.82, 2.24) is 14.3 Å². The van der Waals surface area contributed by atoms with Crippen LogP contribution < -0.4 is 10.3 Å². The Kier molecular flexibility index (Phi) is 6.22. The van der Waals surface area contributed by atoms with Crippen LogP contribution in [0.4, 0.5) is 9.18 Å². The standard InChI is InChI=1S/C20H23BFN3O5S/c1-20(2,3)30-19(26)25-17-11-23-10-16(15(17)8-18(25)21-27)13-5-12(6-14(22)7-13)9-24-31(4,28)29/h5-8,10-11,21,24,27H,9H2,1-4H3. The number of carbonyl (C=O) groups is 1. The minimum atomic E-state index is -3.44. The van der Waals surface area contributed by atoms with Gasteiger partial charge in [0.25, 0.3) is 0 Å². The lowest BCUT2D eigenvalue weighted by Gasteiger charge is -2.20. The summed E-state index contributed by atoms with van der Waals surface area (Å²) in [5.41, 5.74) is 1.36. The molecular formula is C20H23BFN3O5S. The van der Waals surface area contributed by atoms with Gasteiger partial charge in [-0.2, -0.15) is 0 Å². The zero-order valence-electron chi connectivity index (χ0n) is 17.6. The normalized spacial score (nSPS) is 12.2. The molecular weight excluding hydrogens is 424 g/mol. The smallest absolute Gasteiger partial charge is 0.418 e. The first-order valence-electron chi connectivity index (χ1n) is 9.45. The van der Waals surface area contributed by atoms with Crippen molar-refractivity contribution in [1.29, 1.82) is 0 Å². The highest BCUT2D eigenvalue weighted by Crippen LogP contribution is 2.29. The molecule has 0 aliphatic heterocycles. The second-order valence-electron chi connectivity index (χ2n) is 8.17. The summed E-state index contributed by atoms with van der Waals surface area (Å²) < 4.78 is 46.0. The van der Waals surface area contributed by atoms with Gasteiger partial charge >= 0.3 is 13.6 Å². The molecule has 11 heteroatoms. The molecule has 31 heavy (non-hydrogen) atoms. The molecule has 0 bridgehead atoms. The molecule has 3 aromatic rings. The van der Waals surface area contributed by atoms with Crippen LogP contribution in [0.5, 0.6) is 0 Å². The van der Waals surface area contributed by atoms with Crippen molar-refractivity contribution in [2.24, 2.45) is 0 Å². The van der Waals surface area contributed by atoms with Gasteiger partial charge in [-0.3, -0.25) is 9.55 Å². The number of nitrogens with one attached hydrogen (secondary N) is 1. The Bertz CT molecular complexity index is 1250. The Morgan fingerprint density at radius 1 is 1.26 bits per heavy atom. The van der Waals surface area contributed by atoms with E-state index < -0.39 is 35.0 Å². The van der Waals surface area contributed by atoms with Crippen molar-refractivity contribution in [3.63, 3.8) is 0 Å². The van der Waals surface area contributed by atoms with E-state index >= 15 is 0 Å². The molecule has 0 spiro atoms. The first-order valence-corrected chi connectivity index (χ1v) is 11.3. The van der Waals surface area contributed by atoms with Gasteiger partial charge in [-0.05, 0) is 56.2 Å². The van der Waals surface area contributed by atoms with Crippen molar-refractivity contribution >= 4 is 40.1 Å². The number of nitrogens with zero attached hydrogens (tertiary/aromatic N) is 2. The Morgan fingerprint density at radius 3 is 2.58 bits per heavy atom. The number of benzene rings is 1. The van der Waals surface area contributed by atoms with Crippen LogP contribution in [0.2, 0.25) is 0 Å².